The van der Waals surface area contributed by atoms with Crippen LogP contribution >= 0.6 is 0 Å². The molecule has 1 aromatic carbocycles. The predicted octanol–water partition coefficient (Wildman–Crippen LogP) is 0.552. The van der Waals surface area contributed by atoms with Crippen LogP contribution in [0, 0.1) is 0 Å². The molecule has 10 nitrogen and oxygen atoms in total. The molecule has 2 fully saturated rings. The summed E-state index contributed by atoms with van der Waals surface area (Å²) in [6.07, 6.45) is 3.87. The molecule has 4 heterocycles. The molecule has 0 bridgehead atoms. The maximum absolute atomic E-state index is 13.0. The van der Waals surface area contributed by atoms with Crippen molar-refractivity contribution >= 4 is 29.2 Å². The number of rotatable bonds is 5. The van der Waals surface area contributed by atoms with Gasteiger partial charge in [0, 0.05) is 36.0 Å². The number of fused-ring (bicyclic) bond motifs is 1. The molecule has 4 N–H and O–H groups in total. The van der Waals surface area contributed by atoms with E-state index in [-0.39, 0.29) is 31.4 Å². The number of imide groups is 1. The van der Waals surface area contributed by atoms with Gasteiger partial charge in [-0.05, 0) is 44.0 Å². The van der Waals surface area contributed by atoms with Gasteiger partial charge in [0.25, 0.3) is 5.91 Å². The van der Waals surface area contributed by atoms with E-state index < -0.39 is 17.5 Å². The van der Waals surface area contributed by atoms with Gasteiger partial charge < -0.3 is 20.6 Å². The van der Waals surface area contributed by atoms with Crippen LogP contribution in [0.15, 0.2) is 30.5 Å². The summed E-state index contributed by atoms with van der Waals surface area (Å²) in [5.74, 6) is 0.106. The van der Waals surface area contributed by atoms with E-state index in [0.29, 0.717) is 29.3 Å². The third-order valence-corrected chi connectivity index (χ3v) is 6.44. The summed E-state index contributed by atoms with van der Waals surface area (Å²) in [4.78, 5) is 47.3. The summed E-state index contributed by atoms with van der Waals surface area (Å²) in [5.41, 5.74) is 1.37. The van der Waals surface area contributed by atoms with Gasteiger partial charge >= 0.3 is 0 Å². The van der Waals surface area contributed by atoms with E-state index in [9.17, 15) is 19.5 Å². The van der Waals surface area contributed by atoms with Crippen molar-refractivity contribution in [2.24, 2.45) is 0 Å². The van der Waals surface area contributed by atoms with Crippen molar-refractivity contribution in [2.45, 2.75) is 43.8 Å². The maximum atomic E-state index is 13.0. The number of carbonyl (C=O) groups excluding carboxylic acids is 3. The molecule has 0 saturated carbocycles. The predicted molar refractivity (Wildman–Crippen MR) is 114 cm³/mol. The molecular formula is C22H24N6O4. The average molecular weight is 436 g/mol. The molecule has 1 unspecified atom stereocenters. The van der Waals surface area contributed by atoms with Gasteiger partial charge in [0.05, 0.1) is 6.61 Å². The number of amides is 3. The van der Waals surface area contributed by atoms with E-state index >= 15 is 0 Å². The topological polar surface area (TPSA) is 137 Å². The number of nitrogens with one attached hydrogen (secondary N) is 3. The second-order valence-corrected chi connectivity index (χ2v) is 8.39. The molecule has 0 radical (unpaired) electrons. The highest BCUT2D eigenvalue weighted by atomic mass is 16.3. The highest BCUT2D eigenvalue weighted by molar-refractivity contribution is 6.06. The van der Waals surface area contributed by atoms with Crippen LogP contribution in [0.4, 0.5) is 11.5 Å². The third-order valence-electron chi connectivity index (χ3n) is 6.44. The van der Waals surface area contributed by atoms with Crippen molar-refractivity contribution in [3.8, 4) is 0 Å². The minimum Gasteiger partial charge on any atom is -0.394 e. The summed E-state index contributed by atoms with van der Waals surface area (Å²) in [6.45, 7) is 0.975. The van der Waals surface area contributed by atoms with Gasteiger partial charge in [0.1, 0.15) is 17.4 Å². The number of benzene rings is 1. The molecule has 32 heavy (non-hydrogen) atoms. The number of carbonyl (C=O) groups is 3. The van der Waals surface area contributed by atoms with Crippen LogP contribution < -0.4 is 16.0 Å². The van der Waals surface area contributed by atoms with Gasteiger partial charge in [0.15, 0.2) is 5.82 Å². The van der Waals surface area contributed by atoms with Gasteiger partial charge in [-0.2, -0.15) is 0 Å². The zero-order valence-electron chi connectivity index (χ0n) is 17.4. The van der Waals surface area contributed by atoms with Gasteiger partial charge in [-0.3, -0.25) is 19.7 Å². The number of anilines is 2. The Morgan fingerprint density at radius 1 is 1.25 bits per heavy atom. The second-order valence-electron chi connectivity index (χ2n) is 8.39. The van der Waals surface area contributed by atoms with E-state index in [1.165, 1.54) is 4.90 Å². The molecule has 5 rings (SSSR count). The lowest BCUT2D eigenvalue weighted by Crippen LogP contribution is -2.52. The molecule has 3 amide bonds. The van der Waals surface area contributed by atoms with Crippen molar-refractivity contribution < 1.29 is 19.5 Å². The standard InChI is InChI=1S/C22H24N6O4/c29-12-22(8-2-9-24-22)21-23-10-7-17(26-21)25-15-4-1-3-13-14(15)11-28(20(13)32)16-5-6-18(30)27-19(16)31/h1,3-4,7,10,16,24,29H,2,5-6,8-9,11-12H2,(H,23,25,26)(H,27,30,31)/t16?,22-/m0/s1. The molecule has 3 aliphatic heterocycles. The van der Waals surface area contributed by atoms with Crippen molar-refractivity contribution in [1.29, 1.82) is 0 Å². The number of piperidine rings is 1. The number of nitrogens with zero attached hydrogens (tertiary/aromatic N) is 3. The molecule has 3 aliphatic rings. The van der Waals surface area contributed by atoms with Gasteiger partial charge in [-0.25, -0.2) is 9.97 Å². The zero-order chi connectivity index (χ0) is 22.3. The first-order valence-electron chi connectivity index (χ1n) is 10.7. The zero-order valence-corrected chi connectivity index (χ0v) is 17.4. The first-order valence-corrected chi connectivity index (χ1v) is 10.7. The van der Waals surface area contributed by atoms with Crippen LogP contribution in [0.1, 0.15) is 47.4 Å². The molecule has 1 aromatic heterocycles. The van der Waals surface area contributed by atoms with Crippen LogP contribution in [0.25, 0.3) is 0 Å². The molecular weight excluding hydrogens is 412 g/mol. The third kappa shape index (κ3) is 3.41. The summed E-state index contributed by atoms with van der Waals surface area (Å²) in [6, 6.07) is 6.45. The minimum absolute atomic E-state index is 0.0907. The van der Waals surface area contributed by atoms with Crippen LogP contribution in [0.2, 0.25) is 0 Å². The van der Waals surface area contributed by atoms with Gasteiger partial charge in [0.2, 0.25) is 11.8 Å². The Hall–Kier alpha value is -3.37. The molecule has 0 spiro atoms. The molecule has 10 heteroatoms. The normalized spacial score (nSPS) is 25.1. The van der Waals surface area contributed by atoms with Gasteiger partial charge in [-0.1, -0.05) is 6.07 Å². The van der Waals surface area contributed by atoms with Crippen LogP contribution in [0.3, 0.4) is 0 Å². The lowest BCUT2D eigenvalue weighted by molar-refractivity contribution is -0.136. The first kappa shape index (κ1) is 20.5. The van der Waals surface area contributed by atoms with E-state index in [2.05, 4.69) is 25.9 Å². The smallest absolute Gasteiger partial charge is 0.255 e. The molecule has 0 aliphatic carbocycles. The Kier molecular flexibility index (Phi) is 5.10. The SMILES string of the molecule is O=C1CCC(N2Cc3c(Nc4ccnc([C@@]5(CO)CCCN5)n4)cccc3C2=O)C(=O)N1. The maximum Gasteiger partial charge on any atom is 0.255 e. The fourth-order valence-electron chi connectivity index (χ4n) is 4.70. The molecule has 2 saturated heterocycles. The van der Waals surface area contributed by atoms with E-state index in [1.54, 1.807) is 24.4 Å². The Morgan fingerprint density at radius 2 is 2.12 bits per heavy atom. The fraction of sp³-hybridized carbons (Fsp3) is 0.409. The van der Waals surface area contributed by atoms with Crippen LogP contribution in [0.5, 0.6) is 0 Å². The monoisotopic (exact) mass is 436 g/mol. The summed E-state index contributed by atoms with van der Waals surface area (Å²) in [7, 11) is 0. The minimum atomic E-state index is -0.663. The highest BCUT2D eigenvalue weighted by Crippen LogP contribution is 2.34. The van der Waals surface area contributed by atoms with Crippen molar-refractivity contribution in [3.63, 3.8) is 0 Å². The molecule has 2 atom stereocenters. The number of aliphatic hydroxyl groups is 1. The second kappa shape index (κ2) is 7.95. The van der Waals surface area contributed by atoms with Crippen molar-refractivity contribution in [2.75, 3.05) is 18.5 Å². The lowest BCUT2D eigenvalue weighted by Gasteiger charge is -2.29. The first-order chi connectivity index (χ1) is 15.5. The highest BCUT2D eigenvalue weighted by Gasteiger charge is 2.40. The summed E-state index contributed by atoms with van der Waals surface area (Å²) >= 11 is 0. The molecule has 166 valence electrons. The van der Waals surface area contributed by atoms with E-state index in [0.717, 1.165) is 24.9 Å². The Labute approximate surface area is 184 Å². The fourth-order valence-corrected chi connectivity index (χ4v) is 4.70. The largest absolute Gasteiger partial charge is 0.394 e. The van der Waals surface area contributed by atoms with Crippen LogP contribution in [-0.4, -0.2) is 56.9 Å². The molecule has 2 aromatic rings. The lowest BCUT2D eigenvalue weighted by atomic mass is 9.97. The Morgan fingerprint density at radius 3 is 2.88 bits per heavy atom. The number of aromatic nitrogens is 2. The van der Waals surface area contributed by atoms with E-state index in [4.69, 9.17) is 0 Å². The summed E-state index contributed by atoms with van der Waals surface area (Å²) < 4.78 is 0. The Bertz CT molecular complexity index is 1100. The van der Waals surface area contributed by atoms with Crippen molar-refractivity contribution in [1.82, 2.24) is 25.5 Å². The number of hydrogen-bond acceptors (Lipinski definition) is 8. The Balaban J connectivity index is 1.41. The number of aliphatic hydroxyl groups excluding tert-OH is 1. The van der Waals surface area contributed by atoms with E-state index in [1.807, 2.05) is 6.07 Å². The average Bonchev–Trinajstić information content (AvgIpc) is 3.41. The summed E-state index contributed by atoms with van der Waals surface area (Å²) in [5, 5.41) is 18.8. The number of hydrogen-bond donors (Lipinski definition) is 4. The quantitative estimate of drug-likeness (QED) is 0.499. The van der Waals surface area contributed by atoms with Crippen molar-refractivity contribution in [3.05, 3.63) is 47.4 Å². The van der Waals surface area contributed by atoms with Gasteiger partial charge in [-0.15, -0.1) is 0 Å². The van der Waals surface area contributed by atoms with Crippen LogP contribution in [-0.2, 0) is 21.7 Å².